The number of hydrogen-bond donors (Lipinski definition) is 2. The fourth-order valence-corrected chi connectivity index (χ4v) is 2.58. The standard InChI is InChI=1S/C15H17NO4S/c17-14(15-7-4-11-20-15)8-10-16-21(18,19)12-9-13-5-2-1-3-6-13/h1-7,9,11-12,14,16-17H,8,10H2/b12-9+. The second-order valence-electron chi connectivity index (χ2n) is 4.47. The number of nitrogens with one attached hydrogen (secondary N) is 1. The van der Waals surface area contributed by atoms with Gasteiger partial charge in [0.1, 0.15) is 11.9 Å². The van der Waals surface area contributed by atoms with E-state index in [0.29, 0.717) is 5.76 Å². The molecule has 1 atom stereocenters. The zero-order chi connectivity index (χ0) is 15.1. The SMILES string of the molecule is O=S(=O)(/C=C/c1ccccc1)NCCC(O)c1ccco1. The third-order valence-electron chi connectivity index (χ3n) is 2.83. The van der Waals surface area contributed by atoms with E-state index in [4.69, 9.17) is 4.42 Å². The molecule has 0 saturated heterocycles. The van der Waals surface area contributed by atoms with Crippen LogP contribution in [0, 0.1) is 0 Å². The van der Waals surface area contributed by atoms with Gasteiger partial charge in [0, 0.05) is 12.0 Å². The van der Waals surface area contributed by atoms with E-state index in [1.165, 1.54) is 12.3 Å². The summed E-state index contributed by atoms with van der Waals surface area (Å²) >= 11 is 0. The second-order valence-corrected chi connectivity index (χ2v) is 6.12. The first-order valence-corrected chi connectivity index (χ1v) is 8.06. The highest BCUT2D eigenvalue weighted by Crippen LogP contribution is 2.16. The molecular weight excluding hydrogens is 290 g/mol. The Morgan fingerprint density at radius 3 is 2.62 bits per heavy atom. The average Bonchev–Trinajstić information content (AvgIpc) is 3.00. The number of hydrogen-bond acceptors (Lipinski definition) is 4. The molecule has 0 aliphatic carbocycles. The van der Waals surface area contributed by atoms with Crippen molar-refractivity contribution in [1.82, 2.24) is 4.72 Å². The molecular formula is C15H17NO4S. The normalized spacial score (nSPS) is 13.6. The fourth-order valence-electron chi connectivity index (χ4n) is 1.74. The van der Waals surface area contributed by atoms with Crippen LogP contribution in [0.3, 0.4) is 0 Å². The van der Waals surface area contributed by atoms with Gasteiger partial charge in [-0.25, -0.2) is 13.1 Å². The number of aliphatic hydroxyl groups excluding tert-OH is 1. The minimum atomic E-state index is -3.52. The zero-order valence-electron chi connectivity index (χ0n) is 11.3. The summed E-state index contributed by atoms with van der Waals surface area (Å²) in [5, 5.41) is 10.9. The highest BCUT2D eigenvalue weighted by Gasteiger charge is 2.11. The molecule has 1 unspecified atom stereocenters. The Bertz CT molecular complexity index is 663. The molecule has 21 heavy (non-hydrogen) atoms. The van der Waals surface area contributed by atoms with Crippen molar-refractivity contribution in [2.24, 2.45) is 0 Å². The van der Waals surface area contributed by atoms with Gasteiger partial charge in [-0.15, -0.1) is 0 Å². The van der Waals surface area contributed by atoms with Crippen molar-refractivity contribution in [2.75, 3.05) is 6.54 Å². The number of aliphatic hydroxyl groups is 1. The number of rotatable bonds is 7. The van der Waals surface area contributed by atoms with Crippen LogP contribution in [0.1, 0.15) is 23.8 Å². The molecule has 1 aromatic carbocycles. The Balaban J connectivity index is 1.83. The summed E-state index contributed by atoms with van der Waals surface area (Å²) in [4.78, 5) is 0. The van der Waals surface area contributed by atoms with Crippen LogP contribution in [0.2, 0.25) is 0 Å². The molecule has 112 valence electrons. The molecule has 2 aromatic rings. The van der Waals surface area contributed by atoms with Gasteiger partial charge in [-0.05, 0) is 30.2 Å². The van der Waals surface area contributed by atoms with Gasteiger partial charge in [-0.2, -0.15) is 0 Å². The highest BCUT2D eigenvalue weighted by molar-refractivity contribution is 7.92. The summed E-state index contributed by atoms with van der Waals surface area (Å²) in [7, 11) is -3.52. The van der Waals surface area contributed by atoms with E-state index in [-0.39, 0.29) is 13.0 Å². The number of furan rings is 1. The predicted molar refractivity (Wildman–Crippen MR) is 80.7 cm³/mol. The van der Waals surface area contributed by atoms with Crippen LogP contribution < -0.4 is 4.72 Å². The van der Waals surface area contributed by atoms with Gasteiger partial charge in [0.15, 0.2) is 0 Å². The van der Waals surface area contributed by atoms with E-state index in [1.807, 2.05) is 30.3 Å². The van der Waals surface area contributed by atoms with Crippen LogP contribution in [0.4, 0.5) is 0 Å². The van der Waals surface area contributed by atoms with E-state index in [0.717, 1.165) is 11.0 Å². The molecule has 0 bridgehead atoms. The monoisotopic (exact) mass is 307 g/mol. The minimum absolute atomic E-state index is 0.128. The van der Waals surface area contributed by atoms with E-state index >= 15 is 0 Å². The summed E-state index contributed by atoms with van der Waals surface area (Å²) in [5.74, 6) is 0.425. The van der Waals surface area contributed by atoms with Crippen molar-refractivity contribution >= 4 is 16.1 Å². The van der Waals surface area contributed by atoms with Crippen LogP contribution in [-0.4, -0.2) is 20.1 Å². The number of benzene rings is 1. The molecule has 2 N–H and O–H groups in total. The summed E-state index contributed by atoms with van der Waals surface area (Å²) in [6.45, 7) is 0.128. The van der Waals surface area contributed by atoms with Crippen molar-refractivity contribution in [2.45, 2.75) is 12.5 Å². The lowest BCUT2D eigenvalue weighted by molar-refractivity contribution is 0.142. The summed E-state index contributed by atoms with van der Waals surface area (Å²) in [6, 6.07) is 12.5. The van der Waals surface area contributed by atoms with Crippen molar-refractivity contribution < 1.29 is 17.9 Å². The molecule has 5 nitrogen and oxygen atoms in total. The largest absolute Gasteiger partial charge is 0.467 e. The summed E-state index contributed by atoms with van der Waals surface area (Å²) < 4.78 is 31.0. The van der Waals surface area contributed by atoms with Crippen LogP contribution in [0.25, 0.3) is 6.08 Å². The molecule has 2 rings (SSSR count). The van der Waals surface area contributed by atoms with Crippen molar-refractivity contribution in [3.05, 3.63) is 65.5 Å². The molecule has 1 aromatic heterocycles. The lowest BCUT2D eigenvalue weighted by Crippen LogP contribution is -2.23. The van der Waals surface area contributed by atoms with E-state index in [9.17, 15) is 13.5 Å². The first-order chi connectivity index (χ1) is 10.1. The topological polar surface area (TPSA) is 79.5 Å². The van der Waals surface area contributed by atoms with Crippen LogP contribution in [0.15, 0.2) is 58.6 Å². The second kappa shape index (κ2) is 7.21. The van der Waals surface area contributed by atoms with Gasteiger partial charge in [0.25, 0.3) is 0 Å². The van der Waals surface area contributed by atoms with E-state index in [1.54, 1.807) is 12.1 Å². The van der Waals surface area contributed by atoms with Gasteiger partial charge in [0.2, 0.25) is 10.0 Å². The third-order valence-corrected chi connectivity index (χ3v) is 3.93. The lowest BCUT2D eigenvalue weighted by Gasteiger charge is -2.07. The van der Waals surface area contributed by atoms with Gasteiger partial charge in [-0.3, -0.25) is 0 Å². The molecule has 0 saturated carbocycles. The van der Waals surface area contributed by atoms with Gasteiger partial charge < -0.3 is 9.52 Å². The Labute approximate surface area is 124 Å². The smallest absolute Gasteiger partial charge is 0.233 e. The molecule has 0 amide bonds. The average molecular weight is 307 g/mol. The van der Waals surface area contributed by atoms with Crippen LogP contribution >= 0.6 is 0 Å². The summed E-state index contributed by atoms with van der Waals surface area (Å²) in [6.07, 6.45) is 2.41. The van der Waals surface area contributed by atoms with Gasteiger partial charge in [-0.1, -0.05) is 30.3 Å². The third kappa shape index (κ3) is 5.18. The van der Waals surface area contributed by atoms with Crippen molar-refractivity contribution in [3.63, 3.8) is 0 Å². The Kier molecular flexibility index (Phi) is 5.32. The Hall–Kier alpha value is -1.89. The Morgan fingerprint density at radius 2 is 1.95 bits per heavy atom. The molecule has 6 heteroatoms. The van der Waals surface area contributed by atoms with Crippen molar-refractivity contribution in [1.29, 1.82) is 0 Å². The molecule has 0 radical (unpaired) electrons. The highest BCUT2D eigenvalue weighted by atomic mass is 32.2. The molecule has 0 fully saturated rings. The molecule has 0 spiro atoms. The minimum Gasteiger partial charge on any atom is -0.467 e. The maximum absolute atomic E-state index is 11.8. The predicted octanol–water partition coefficient (Wildman–Crippen LogP) is 2.29. The summed E-state index contributed by atoms with van der Waals surface area (Å²) in [5.41, 5.74) is 0.804. The van der Waals surface area contributed by atoms with Crippen LogP contribution in [-0.2, 0) is 10.0 Å². The first-order valence-electron chi connectivity index (χ1n) is 6.51. The molecule has 0 aliphatic rings. The maximum atomic E-state index is 11.8. The van der Waals surface area contributed by atoms with E-state index in [2.05, 4.69) is 4.72 Å². The Morgan fingerprint density at radius 1 is 1.19 bits per heavy atom. The quantitative estimate of drug-likeness (QED) is 0.822. The van der Waals surface area contributed by atoms with Crippen LogP contribution in [0.5, 0.6) is 0 Å². The van der Waals surface area contributed by atoms with Gasteiger partial charge >= 0.3 is 0 Å². The maximum Gasteiger partial charge on any atom is 0.233 e. The first kappa shape index (κ1) is 15.5. The van der Waals surface area contributed by atoms with Gasteiger partial charge in [0.05, 0.1) is 6.26 Å². The van der Waals surface area contributed by atoms with Crippen molar-refractivity contribution in [3.8, 4) is 0 Å². The molecule has 1 heterocycles. The van der Waals surface area contributed by atoms with E-state index < -0.39 is 16.1 Å². The lowest BCUT2D eigenvalue weighted by atomic mass is 10.2. The zero-order valence-corrected chi connectivity index (χ0v) is 12.2. The number of sulfonamides is 1. The molecule has 0 aliphatic heterocycles. The fraction of sp³-hybridized carbons (Fsp3) is 0.200.